The lowest BCUT2D eigenvalue weighted by Crippen LogP contribution is -2.07. The van der Waals surface area contributed by atoms with E-state index in [1.807, 2.05) is 30.0 Å². The quantitative estimate of drug-likeness (QED) is 0.684. The third kappa shape index (κ3) is 5.26. The van der Waals surface area contributed by atoms with E-state index in [0.29, 0.717) is 0 Å². The summed E-state index contributed by atoms with van der Waals surface area (Å²) in [5.41, 5.74) is 0. The van der Waals surface area contributed by atoms with Crippen molar-refractivity contribution in [3.05, 3.63) is 18.2 Å². The largest absolute Gasteiger partial charge is 0.370 e. The second-order valence-electron chi connectivity index (χ2n) is 3.61. The van der Waals surface area contributed by atoms with Crippen LogP contribution in [-0.4, -0.2) is 30.1 Å². The summed E-state index contributed by atoms with van der Waals surface area (Å²) in [6, 6.07) is 6.04. The Morgan fingerprint density at radius 2 is 1.88 bits per heavy atom. The molecular formula is C12H21N3S. The Balaban J connectivity index is 2.35. The molecule has 0 radical (unpaired) electrons. The van der Waals surface area contributed by atoms with Gasteiger partial charge in [-0.15, -0.1) is 0 Å². The molecule has 16 heavy (non-hydrogen) atoms. The van der Waals surface area contributed by atoms with Crippen LogP contribution in [0.5, 0.6) is 0 Å². The second-order valence-corrected chi connectivity index (χ2v) is 4.59. The molecule has 1 aromatic heterocycles. The van der Waals surface area contributed by atoms with E-state index in [4.69, 9.17) is 0 Å². The van der Waals surface area contributed by atoms with Crippen molar-refractivity contribution in [1.82, 2.24) is 4.98 Å². The Hall–Kier alpha value is -0.900. The lowest BCUT2D eigenvalue weighted by atomic mass is 10.4. The van der Waals surface area contributed by atoms with Crippen LogP contribution in [0.25, 0.3) is 0 Å². The predicted molar refractivity (Wildman–Crippen MR) is 74.5 cm³/mol. The van der Waals surface area contributed by atoms with Crippen molar-refractivity contribution in [2.24, 2.45) is 0 Å². The van der Waals surface area contributed by atoms with Crippen LogP contribution < -0.4 is 10.6 Å². The zero-order valence-electron chi connectivity index (χ0n) is 10.1. The zero-order chi connectivity index (χ0) is 11.6. The molecule has 0 amide bonds. The molecule has 0 aromatic carbocycles. The minimum Gasteiger partial charge on any atom is -0.370 e. The SMILES string of the molecule is CCCNc1cccc(NCCCSC)n1. The fourth-order valence-corrected chi connectivity index (χ4v) is 1.75. The minimum atomic E-state index is 0.955. The fourth-order valence-electron chi connectivity index (χ4n) is 1.32. The third-order valence-electron chi connectivity index (χ3n) is 2.14. The van der Waals surface area contributed by atoms with E-state index in [0.717, 1.165) is 31.1 Å². The molecule has 3 nitrogen and oxygen atoms in total. The van der Waals surface area contributed by atoms with Crippen LogP contribution in [0.15, 0.2) is 18.2 Å². The minimum absolute atomic E-state index is 0.955. The third-order valence-corrected chi connectivity index (χ3v) is 2.83. The summed E-state index contributed by atoms with van der Waals surface area (Å²) < 4.78 is 0. The molecule has 1 heterocycles. The molecule has 90 valence electrons. The lowest BCUT2D eigenvalue weighted by Gasteiger charge is -2.08. The lowest BCUT2D eigenvalue weighted by molar-refractivity contribution is 0.960. The smallest absolute Gasteiger partial charge is 0.128 e. The molecule has 0 aliphatic rings. The Morgan fingerprint density at radius 3 is 2.50 bits per heavy atom. The van der Waals surface area contributed by atoms with Crippen molar-refractivity contribution in [2.45, 2.75) is 19.8 Å². The van der Waals surface area contributed by atoms with E-state index in [9.17, 15) is 0 Å². The molecule has 0 aliphatic heterocycles. The van der Waals surface area contributed by atoms with Gasteiger partial charge in [0.25, 0.3) is 0 Å². The van der Waals surface area contributed by atoms with Crippen molar-refractivity contribution in [3.63, 3.8) is 0 Å². The number of hydrogen-bond donors (Lipinski definition) is 2. The first-order valence-corrected chi connectivity index (χ1v) is 7.20. The Morgan fingerprint density at radius 1 is 1.19 bits per heavy atom. The van der Waals surface area contributed by atoms with Crippen molar-refractivity contribution in [1.29, 1.82) is 0 Å². The average Bonchev–Trinajstić information content (AvgIpc) is 2.33. The summed E-state index contributed by atoms with van der Waals surface area (Å²) in [6.45, 7) is 4.12. The molecular weight excluding hydrogens is 218 g/mol. The first kappa shape index (κ1) is 13.2. The first-order valence-electron chi connectivity index (χ1n) is 5.80. The predicted octanol–water partition coefficient (Wildman–Crippen LogP) is 3.07. The molecule has 1 aromatic rings. The molecule has 4 heteroatoms. The molecule has 1 rings (SSSR count). The molecule has 0 spiro atoms. The van der Waals surface area contributed by atoms with Gasteiger partial charge in [-0.2, -0.15) is 11.8 Å². The van der Waals surface area contributed by atoms with E-state index in [1.165, 1.54) is 12.2 Å². The number of aromatic nitrogens is 1. The number of nitrogens with one attached hydrogen (secondary N) is 2. The summed E-state index contributed by atoms with van der Waals surface area (Å²) >= 11 is 1.88. The maximum Gasteiger partial charge on any atom is 0.128 e. The van der Waals surface area contributed by atoms with Gasteiger partial charge in [-0.05, 0) is 37.0 Å². The summed E-state index contributed by atoms with van der Waals surface area (Å²) in [5, 5.41) is 6.61. The molecule has 0 saturated carbocycles. The highest BCUT2D eigenvalue weighted by Gasteiger charge is 1.95. The van der Waals surface area contributed by atoms with Gasteiger partial charge in [0.05, 0.1) is 0 Å². The van der Waals surface area contributed by atoms with Crippen LogP contribution >= 0.6 is 11.8 Å². The maximum atomic E-state index is 4.48. The summed E-state index contributed by atoms with van der Waals surface area (Å²) in [6.07, 6.45) is 4.43. The van der Waals surface area contributed by atoms with Gasteiger partial charge in [0.15, 0.2) is 0 Å². The van der Waals surface area contributed by atoms with E-state index >= 15 is 0 Å². The van der Waals surface area contributed by atoms with Crippen LogP contribution in [0.3, 0.4) is 0 Å². The van der Waals surface area contributed by atoms with Crippen LogP contribution in [0.2, 0.25) is 0 Å². The Labute approximate surface area is 102 Å². The van der Waals surface area contributed by atoms with Crippen LogP contribution in [0.1, 0.15) is 19.8 Å². The monoisotopic (exact) mass is 239 g/mol. The Kier molecular flexibility index (Phi) is 6.81. The average molecular weight is 239 g/mol. The van der Waals surface area contributed by atoms with Crippen molar-refractivity contribution in [2.75, 3.05) is 35.7 Å². The van der Waals surface area contributed by atoms with Crippen LogP contribution in [0.4, 0.5) is 11.6 Å². The van der Waals surface area contributed by atoms with Crippen molar-refractivity contribution >= 4 is 23.4 Å². The summed E-state index contributed by atoms with van der Waals surface area (Å²) in [5.74, 6) is 3.11. The number of rotatable bonds is 8. The van der Waals surface area contributed by atoms with Gasteiger partial charge >= 0.3 is 0 Å². The number of hydrogen-bond acceptors (Lipinski definition) is 4. The highest BCUT2D eigenvalue weighted by atomic mass is 32.2. The number of thioether (sulfide) groups is 1. The first-order chi connectivity index (χ1) is 7.86. The topological polar surface area (TPSA) is 37.0 Å². The second kappa shape index (κ2) is 8.28. The fraction of sp³-hybridized carbons (Fsp3) is 0.583. The summed E-state index contributed by atoms with van der Waals surface area (Å²) in [4.78, 5) is 4.48. The number of pyridine rings is 1. The molecule has 0 saturated heterocycles. The van der Waals surface area contributed by atoms with E-state index in [1.54, 1.807) is 0 Å². The molecule has 2 N–H and O–H groups in total. The van der Waals surface area contributed by atoms with Gasteiger partial charge in [-0.1, -0.05) is 13.0 Å². The zero-order valence-corrected chi connectivity index (χ0v) is 10.9. The number of anilines is 2. The van der Waals surface area contributed by atoms with Gasteiger partial charge in [0.2, 0.25) is 0 Å². The van der Waals surface area contributed by atoms with Gasteiger partial charge in [-0.25, -0.2) is 4.98 Å². The standard InChI is InChI=1S/C12H21N3S/c1-3-8-13-11-6-4-7-12(15-11)14-9-5-10-16-2/h4,6-7H,3,5,8-10H2,1-2H3,(H2,13,14,15). The normalized spacial score (nSPS) is 10.1. The van der Waals surface area contributed by atoms with E-state index in [-0.39, 0.29) is 0 Å². The van der Waals surface area contributed by atoms with E-state index < -0.39 is 0 Å². The van der Waals surface area contributed by atoms with Crippen molar-refractivity contribution < 1.29 is 0 Å². The van der Waals surface area contributed by atoms with Crippen LogP contribution in [0, 0.1) is 0 Å². The highest BCUT2D eigenvalue weighted by molar-refractivity contribution is 7.98. The van der Waals surface area contributed by atoms with Crippen molar-refractivity contribution in [3.8, 4) is 0 Å². The molecule has 0 unspecified atom stereocenters. The molecule has 0 atom stereocenters. The maximum absolute atomic E-state index is 4.48. The Bertz CT molecular complexity index is 291. The summed E-state index contributed by atoms with van der Waals surface area (Å²) in [7, 11) is 0. The highest BCUT2D eigenvalue weighted by Crippen LogP contribution is 2.09. The molecule has 0 fully saturated rings. The molecule has 0 aliphatic carbocycles. The van der Waals surface area contributed by atoms with E-state index in [2.05, 4.69) is 28.8 Å². The van der Waals surface area contributed by atoms with Gasteiger partial charge < -0.3 is 10.6 Å². The van der Waals surface area contributed by atoms with Gasteiger partial charge in [0, 0.05) is 13.1 Å². The number of nitrogens with zero attached hydrogens (tertiary/aromatic N) is 1. The van der Waals surface area contributed by atoms with Crippen LogP contribution in [-0.2, 0) is 0 Å². The van der Waals surface area contributed by atoms with Gasteiger partial charge in [-0.3, -0.25) is 0 Å². The molecule has 0 bridgehead atoms. The van der Waals surface area contributed by atoms with Gasteiger partial charge in [0.1, 0.15) is 11.6 Å².